The van der Waals surface area contributed by atoms with Gasteiger partial charge in [-0.25, -0.2) is 0 Å². The molecule has 114 valence electrons. The minimum absolute atomic E-state index is 0. The predicted octanol–water partition coefficient (Wildman–Crippen LogP) is 3.39. The smallest absolute Gasteiger partial charge is 0.118 e. The zero-order chi connectivity index (χ0) is 13.9. The molecule has 5 heteroatoms. The Kier molecular flexibility index (Phi) is 5.26. The van der Waals surface area contributed by atoms with E-state index in [0.29, 0.717) is 6.04 Å². The lowest BCUT2D eigenvalue weighted by molar-refractivity contribution is 0.413. The van der Waals surface area contributed by atoms with Gasteiger partial charge in [-0.2, -0.15) is 5.10 Å². The average molecular weight is 308 g/mol. The second-order valence-corrected chi connectivity index (χ2v) is 5.49. The van der Waals surface area contributed by atoms with Gasteiger partial charge in [0.15, 0.2) is 0 Å². The standard InChI is InChI=1S/C16H21N3O.ClH/c1-11-14(10-18-19-11)9-17-16(12-3-4-12)13-5-7-15(20-2)8-6-13;/h5-8,10,12,16-17H,3-4,9H2,1-2H3,(H,18,19);1H. The van der Waals surface area contributed by atoms with E-state index in [2.05, 4.69) is 34.6 Å². The number of nitrogens with one attached hydrogen (secondary N) is 2. The molecule has 1 aromatic heterocycles. The molecule has 0 aliphatic heterocycles. The third-order valence-corrected chi connectivity index (χ3v) is 4.02. The normalized spacial score (nSPS) is 15.3. The Hall–Kier alpha value is -1.52. The number of benzene rings is 1. The first-order chi connectivity index (χ1) is 9.78. The first-order valence-electron chi connectivity index (χ1n) is 7.14. The fourth-order valence-electron chi connectivity index (χ4n) is 2.57. The fraction of sp³-hybridized carbons (Fsp3) is 0.438. The molecule has 2 aromatic rings. The molecule has 4 nitrogen and oxygen atoms in total. The number of ether oxygens (including phenoxy) is 1. The molecule has 1 saturated carbocycles. The molecule has 1 aliphatic rings. The van der Waals surface area contributed by atoms with Crippen LogP contribution >= 0.6 is 12.4 Å². The second kappa shape index (κ2) is 6.96. The SMILES string of the molecule is COc1ccc(C(NCc2cn[nH]c2C)C2CC2)cc1.Cl. The van der Waals surface area contributed by atoms with Crippen LogP contribution in [0.5, 0.6) is 5.75 Å². The minimum atomic E-state index is 0. The largest absolute Gasteiger partial charge is 0.497 e. The highest BCUT2D eigenvalue weighted by atomic mass is 35.5. The van der Waals surface area contributed by atoms with Crippen LogP contribution in [0, 0.1) is 12.8 Å². The first kappa shape index (κ1) is 15.9. The number of rotatable bonds is 6. The third-order valence-electron chi connectivity index (χ3n) is 4.02. The van der Waals surface area contributed by atoms with Gasteiger partial charge in [0.1, 0.15) is 5.75 Å². The summed E-state index contributed by atoms with van der Waals surface area (Å²) in [6, 6.07) is 8.83. The van der Waals surface area contributed by atoms with Gasteiger partial charge in [-0.05, 0) is 43.4 Å². The highest BCUT2D eigenvalue weighted by Gasteiger charge is 2.32. The number of methoxy groups -OCH3 is 1. The average Bonchev–Trinajstić information content (AvgIpc) is 3.23. The summed E-state index contributed by atoms with van der Waals surface area (Å²) in [6.07, 6.45) is 4.53. The first-order valence-corrected chi connectivity index (χ1v) is 7.14. The number of aromatic amines is 1. The second-order valence-electron chi connectivity index (χ2n) is 5.49. The van der Waals surface area contributed by atoms with Crippen molar-refractivity contribution < 1.29 is 4.74 Å². The number of hydrogen-bond acceptors (Lipinski definition) is 3. The van der Waals surface area contributed by atoms with Crippen molar-refractivity contribution in [2.24, 2.45) is 5.92 Å². The van der Waals surface area contributed by atoms with Crippen molar-refractivity contribution in [2.75, 3.05) is 7.11 Å². The van der Waals surface area contributed by atoms with Gasteiger partial charge >= 0.3 is 0 Å². The highest BCUT2D eigenvalue weighted by molar-refractivity contribution is 5.85. The van der Waals surface area contributed by atoms with Crippen molar-refractivity contribution in [3.8, 4) is 5.75 Å². The van der Waals surface area contributed by atoms with E-state index in [1.54, 1.807) is 7.11 Å². The minimum Gasteiger partial charge on any atom is -0.497 e. The molecule has 21 heavy (non-hydrogen) atoms. The van der Waals surface area contributed by atoms with Gasteiger partial charge in [-0.15, -0.1) is 12.4 Å². The summed E-state index contributed by atoms with van der Waals surface area (Å²) in [6.45, 7) is 2.92. The summed E-state index contributed by atoms with van der Waals surface area (Å²) in [5, 5.41) is 10.7. The summed E-state index contributed by atoms with van der Waals surface area (Å²) < 4.78 is 5.23. The lowest BCUT2D eigenvalue weighted by Crippen LogP contribution is -2.22. The van der Waals surface area contributed by atoms with Gasteiger partial charge in [0.25, 0.3) is 0 Å². The molecular formula is C16H22ClN3O. The van der Waals surface area contributed by atoms with Gasteiger partial charge in [0.2, 0.25) is 0 Å². The quantitative estimate of drug-likeness (QED) is 0.860. The molecule has 2 N–H and O–H groups in total. The maximum Gasteiger partial charge on any atom is 0.118 e. The monoisotopic (exact) mass is 307 g/mol. The van der Waals surface area contributed by atoms with Crippen LogP contribution in [0.15, 0.2) is 30.5 Å². The molecule has 1 fully saturated rings. The predicted molar refractivity (Wildman–Crippen MR) is 85.9 cm³/mol. The molecule has 1 aliphatic carbocycles. The Balaban J connectivity index is 0.00000161. The van der Waals surface area contributed by atoms with Gasteiger partial charge in [0.05, 0.1) is 13.3 Å². The van der Waals surface area contributed by atoms with E-state index in [4.69, 9.17) is 4.74 Å². The molecule has 1 unspecified atom stereocenters. The Morgan fingerprint density at radius 1 is 1.33 bits per heavy atom. The molecule has 0 amide bonds. The maximum atomic E-state index is 5.23. The van der Waals surface area contributed by atoms with Crippen molar-refractivity contribution >= 4 is 12.4 Å². The molecule has 0 saturated heterocycles. The van der Waals surface area contributed by atoms with Crippen LogP contribution in [0.1, 0.15) is 35.7 Å². The summed E-state index contributed by atoms with van der Waals surface area (Å²) in [4.78, 5) is 0. The number of nitrogens with zero attached hydrogens (tertiary/aromatic N) is 1. The topological polar surface area (TPSA) is 49.9 Å². The summed E-state index contributed by atoms with van der Waals surface area (Å²) in [7, 11) is 1.70. The van der Waals surface area contributed by atoms with Crippen LogP contribution in [-0.2, 0) is 6.54 Å². The van der Waals surface area contributed by atoms with Gasteiger partial charge in [-0.3, -0.25) is 5.10 Å². The zero-order valence-electron chi connectivity index (χ0n) is 12.4. The number of aryl methyl sites for hydroxylation is 1. The van der Waals surface area contributed by atoms with Crippen molar-refractivity contribution in [3.63, 3.8) is 0 Å². The van der Waals surface area contributed by atoms with Crippen LogP contribution in [0.4, 0.5) is 0 Å². The van der Waals surface area contributed by atoms with Crippen LogP contribution < -0.4 is 10.1 Å². The van der Waals surface area contributed by atoms with E-state index in [1.165, 1.54) is 24.0 Å². The molecule has 3 rings (SSSR count). The molecule has 1 atom stereocenters. The van der Waals surface area contributed by atoms with E-state index < -0.39 is 0 Å². The van der Waals surface area contributed by atoms with Crippen LogP contribution in [0.3, 0.4) is 0 Å². The van der Waals surface area contributed by atoms with E-state index in [-0.39, 0.29) is 12.4 Å². The number of hydrogen-bond donors (Lipinski definition) is 2. The van der Waals surface area contributed by atoms with Crippen LogP contribution in [0.2, 0.25) is 0 Å². The molecule has 0 spiro atoms. The lowest BCUT2D eigenvalue weighted by atomic mass is 10.0. The Morgan fingerprint density at radius 3 is 2.57 bits per heavy atom. The van der Waals surface area contributed by atoms with Gasteiger partial charge in [-0.1, -0.05) is 12.1 Å². The maximum absolute atomic E-state index is 5.23. The van der Waals surface area contributed by atoms with E-state index in [0.717, 1.165) is 23.9 Å². The zero-order valence-corrected chi connectivity index (χ0v) is 13.2. The highest BCUT2D eigenvalue weighted by Crippen LogP contribution is 2.41. The molecule has 1 heterocycles. The third kappa shape index (κ3) is 3.77. The molecule has 0 bridgehead atoms. The molecule has 1 aromatic carbocycles. The van der Waals surface area contributed by atoms with Crippen molar-refractivity contribution in [2.45, 2.75) is 32.4 Å². The van der Waals surface area contributed by atoms with Crippen LogP contribution in [-0.4, -0.2) is 17.3 Å². The number of H-pyrrole nitrogens is 1. The van der Waals surface area contributed by atoms with E-state index in [9.17, 15) is 0 Å². The van der Waals surface area contributed by atoms with Crippen molar-refractivity contribution in [1.82, 2.24) is 15.5 Å². The Labute approximate surface area is 131 Å². The van der Waals surface area contributed by atoms with Gasteiger partial charge < -0.3 is 10.1 Å². The fourth-order valence-corrected chi connectivity index (χ4v) is 2.57. The van der Waals surface area contributed by atoms with E-state index in [1.807, 2.05) is 18.3 Å². The number of halogens is 1. The lowest BCUT2D eigenvalue weighted by Gasteiger charge is -2.19. The van der Waals surface area contributed by atoms with Crippen molar-refractivity contribution in [3.05, 3.63) is 47.3 Å². The van der Waals surface area contributed by atoms with Gasteiger partial charge in [0, 0.05) is 23.8 Å². The molecular weight excluding hydrogens is 286 g/mol. The Morgan fingerprint density at radius 2 is 2.05 bits per heavy atom. The van der Waals surface area contributed by atoms with Crippen molar-refractivity contribution in [1.29, 1.82) is 0 Å². The summed E-state index contributed by atoms with van der Waals surface area (Å²) in [5.41, 5.74) is 3.72. The van der Waals surface area contributed by atoms with Crippen LogP contribution in [0.25, 0.3) is 0 Å². The van der Waals surface area contributed by atoms with E-state index >= 15 is 0 Å². The summed E-state index contributed by atoms with van der Waals surface area (Å²) >= 11 is 0. The summed E-state index contributed by atoms with van der Waals surface area (Å²) in [5.74, 6) is 1.67. The molecule has 0 radical (unpaired) electrons. The number of aromatic nitrogens is 2. The Bertz CT molecular complexity index is 563.